The summed E-state index contributed by atoms with van der Waals surface area (Å²) in [5.74, 6) is 1.16. The fourth-order valence-corrected chi connectivity index (χ4v) is 3.56. The predicted molar refractivity (Wildman–Crippen MR) is 85.9 cm³/mol. The topological polar surface area (TPSA) is 55.1 Å². The van der Waals surface area contributed by atoms with E-state index in [0.29, 0.717) is 17.7 Å². The van der Waals surface area contributed by atoms with Gasteiger partial charge in [0, 0.05) is 16.6 Å². The van der Waals surface area contributed by atoms with Gasteiger partial charge in [-0.3, -0.25) is 4.79 Å². The van der Waals surface area contributed by atoms with Crippen LogP contribution in [0.3, 0.4) is 0 Å². The number of amides is 1. The summed E-state index contributed by atoms with van der Waals surface area (Å²) in [6.07, 6.45) is 4.86. The number of nitrogens with one attached hydrogen (secondary N) is 1. The Balaban J connectivity index is 1.84. The summed E-state index contributed by atoms with van der Waals surface area (Å²) < 4.78 is 0. The fourth-order valence-electron chi connectivity index (χ4n) is 2.70. The van der Waals surface area contributed by atoms with E-state index in [0.717, 1.165) is 22.6 Å². The van der Waals surface area contributed by atoms with Crippen LogP contribution in [0, 0.1) is 12.8 Å². The van der Waals surface area contributed by atoms with Gasteiger partial charge < -0.3 is 11.1 Å². The van der Waals surface area contributed by atoms with Crippen LogP contribution in [0.4, 0.5) is 5.69 Å². The second kappa shape index (κ2) is 7.02. The van der Waals surface area contributed by atoms with Crippen LogP contribution in [0.5, 0.6) is 0 Å². The van der Waals surface area contributed by atoms with Crippen molar-refractivity contribution in [3.8, 4) is 0 Å². The summed E-state index contributed by atoms with van der Waals surface area (Å²) in [7, 11) is 0. The Bertz CT molecular complexity index is 476. The molecule has 0 bridgehead atoms. The van der Waals surface area contributed by atoms with Crippen LogP contribution in [-0.4, -0.2) is 17.7 Å². The van der Waals surface area contributed by atoms with E-state index < -0.39 is 0 Å². The van der Waals surface area contributed by atoms with Gasteiger partial charge in [-0.2, -0.15) is 0 Å². The molecule has 2 rings (SSSR count). The molecule has 0 aliphatic heterocycles. The van der Waals surface area contributed by atoms with Gasteiger partial charge in [-0.15, -0.1) is 11.8 Å². The molecule has 2 unspecified atom stereocenters. The maximum Gasteiger partial charge on any atom is 0.230 e. The maximum atomic E-state index is 12.1. The minimum Gasteiger partial charge on any atom is -0.398 e. The molecule has 1 fully saturated rings. The van der Waals surface area contributed by atoms with E-state index in [1.54, 1.807) is 0 Å². The zero-order valence-electron chi connectivity index (χ0n) is 12.3. The van der Waals surface area contributed by atoms with Gasteiger partial charge >= 0.3 is 0 Å². The molecule has 0 heterocycles. The number of nitrogens with two attached hydrogens (primary N) is 1. The number of para-hydroxylation sites is 1. The van der Waals surface area contributed by atoms with E-state index in [1.807, 2.05) is 25.1 Å². The molecule has 20 heavy (non-hydrogen) atoms. The van der Waals surface area contributed by atoms with Gasteiger partial charge in [-0.1, -0.05) is 31.9 Å². The maximum absolute atomic E-state index is 12.1. The molecule has 110 valence electrons. The lowest BCUT2D eigenvalue weighted by Crippen LogP contribution is -2.41. The molecular weight excluding hydrogens is 268 g/mol. The van der Waals surface area contributed by atoms with Crippen LogP contribution in [0.15, 0.2) is 23.1 Å². The Hall–Kier alpha value is -1.16. The van der Waals surface area contributed by atoms with Crippen molar-refractivity contribution in [3.63, 3.8) is 0 Å². The molecule has 1 saturated carbocycles. The van der Waals surface area contributed by atoms with Gasteiger partial charge in [0.25, 0.3) is 0 Å². The van der Waals surface area contributed by atoms with Crippen LogP contribution in [0.25, 0.3) is 0 Å². The second-order valence-corrected chi connectivity index (χ2v) is 6.73. The lowest BCUT2D eigenvalue weighted by molar-refractivity contribution is -0.119. The SMILES string of the molecule is Cc1cccc(SCC(=O)NC2CCCCC2C)c1N. The summed E-state index contributed by atoms with van der Waals surface area (Å²) in [5.41, 5.74) is 7.88. The molecule has 3 nitrogen and oxygen atoms in total. The number of rotatable bonds is 4. The zero-order valence-corrected chi connectivity index (χ0v) is 13.1. The Labute approximate surface area is 125 Å². The van der Waals surface area contributed by atoms with Crippen LogP contribution in [-0.2, 0) is 4.79 Å². The highest BCUT2D eigenvalue weighted by Gasteiger charge is 2.22. The first-order chi connectivity index (χ1) is 9.58. The van der Waals surface area contributed by atoms with E-state index in [-0.39, 0.29) is 5.91 Å². The van der Waals surface area contributed by atoms with Crippen molar-refractivity contribution in [2.24, 2.45) is 5.92 Å². The van der Waals surface area contributed by atoms with Crippen molar-refractivity contribution in [2.45, 2.75) is 50.5 Å². The second-order valence-electron chi connectivity index (χ2n) is 5.71. The smallest absolute Gasteiger partial charge is 0.230 e. The first-order valence-electron chi connectivity index (χ1n) is 7.35. The number of hydrogen-bond donors (Lipinski definition) is 2. The largest absolute Gasteiger partial charge is 0.398 e. The number of anilines is 1. The summed E-state index contributed by atoms with van der Waals surface area (Å²) in [6.45, 7) is 4.22. The summed E-state index contributed by atoms with van der Waals surface area (Å²) in [6, 6.07) is 6.30. The first kappa shape index (κ1) is 15.2. The third-order valence-corrected chi connectivity index (χ3v) is 5.17. The molecule has 3 N–H and O–H groups in total. The Morgan fingerprint density at radius 2 is 2.15 bits per heavy atom. The summed E-state index contributed by atoms with van der Waals surface area (Å²) in [4.78, 5) is 13.1. The average molecular weight is 292 g/mol. The van der Waals surface area contributed by atoms with Crippen molar-refractivity contribution >= 4 is 23.4 Å². The highest BCUT2D eigenvalue weighted by molar-refractivity contribution is 8.00. The molecule has 1 aromatic rings. The minimum atomic E-state index is 0.120. The number of carbonyl (C=O) groups excluding carboxylic acids is 1. The lowest BCUT2D eigenvalue weighted by atomic mass is 9.86. The van der Waals surface area contributed by atoms with Crippen molar-refractivity contribution in [3.05, 3.63) is 23.8 Å². The lowest BCUT2D eigenvalue weighted by Gasteiger charge is -2.29. The number of carbonyl (C=O) groups is 1. The zero-order chi connectivity index (χ0) is 14.5. The molecular formula is C16H24N2OS. The molecule has 0 radical (unpaired) electrons. The Morgan fingerprint density at radius 3 is 2.90 bits per heavy atom. The number of aryl methyl sites for hydroxylation is 1. The molecule has 0 spiro atoms. The van der Waals surface area contributed by atoms with Gasteiger partial charge in [0.2, 0.25) is 5.91 Å². The van der Waals surface area contributed by atoms with Crippen LogP contribution >= 0.6 is 11.8 Å². The monoisotopic (exact) mass is 292 g/mol. The summed E-state index contributed by atoms with van der Waals surface area (Å²) >= 11 is 1.52. The van der Waals surface area contributed by atoms with E-state index in [1.165, 1.54) is 31.0 Å². The van der Waals surface area contributed by atoms with Gasteiger partial charge in [-0.25, -0.2) is 0 Å². The first-order valence-corrected chi connectivity index (χ1v) is 8.33. The quantitative estimate of drug-likeness (QED) is 0.661. The van der Waals surface area contributed by atoms with E-state index in [4.69, 9.17) is 5.73 Å². The summed E-state index contributed by atoms with van der Waals surface area (Å²) in [5, 5.41) is 3.17. The van der Waals surface area contributed by atoms with Crippen molar-refractivity contribution < 1.29 is 4.79 Å². The molecule has 1 aromatic carbocycles. The van der Waals surface area contributed by atoms with Crippen LogP contribution < -0.4 is 11.1 Å². The fraction of sp³-hybridized carbons (Fsp3) is 0.562. The predicted octanol–water partition coefficient (Wildman–Crippen LogP) is 3.36. The third kappa shape index (κ3) is 3.92. The van der Waals surface area contributed by atoms with Gasteiger partial charge in [0.05, 0.1) is 5.75 Å². The van der Waals surface area contributed by atoms with Crippen LogP contribution in [0.1, 0.15) is 38.2 Å². The molecule has 0 saturated heterocycles. The Morgan fingerprint density at radius 1 is 1.40 bits per heavy atom. The molecule has 1 amide bonds. The standard InChI is InChI=1S/C16H24N2OS/c1-11-6-3-4-8-13(11)18-15(19)10-20-14-9-5-7-12(2)16(14)17/h5,7,9,11,13H,3-4,6,8,10,17H2,1-2H3,(H,18,19). The van der Waals surface area contributed by atoms with Crippen molar-refractivity contribution in [1.29, 1.82) is 0 Å². The minimum absolute atomic E-state index is 0.120. The number of benzene rings is 1. The van der Waals surface area contributed by atoms with Gasteiger partial charge in [-0.05, 0) is 37.3 Å². The number of thioether (sulfide) groups is 1. The molecule has 1 aliphatic rings. The number of hydrogen-bond acceptors (Lipinski definition) is 3. The van der Waals surface area contributed by atoms with Crippen molar-refractivity contribution in [1.82, 2.24) is 5.32 Å². The number of nitrogen functional groups attached to an aromatic ring is 1. The molecule has 4 heteroatoms. The van der Waals surface area contributed by atoms with Gasteiger partial charge in [0.1, 0.15) is 0 Å². The molecule has 2 atom stereocenters. The normalized spacial score (nSPS) is 22.5. The van der Waals surface area contributed by atoms with E-state index in [2.05, 4.69) is 12.2 Å². The highest BCUT2D eigenvalue weighted by Crippen LogP contribution is 2.28. The van der Waals surface area contributed by atoms with Crippen molar-refractivity contribution in [2.75, 3.05) is 11.5 Å². The third-order valence-electron chi connectivity index (χ3n) is 4.10. The average Bonchev–Trinajstić information content (AvgIpc) is 2.43. The van der Waals surface area contributed by atoms with E-state index >= 15 is 0 Å². The Kier molecular flexibility index (Phi) is 5.35. The van der Waals surface area contributed by atoms with Gasteiger partial charge in [0.15, 0.2) is 0 Å². The van der Waals surface area contributed by atoms with Crippen LogP contribution in [0.2, 0.25) is 0 Å². The molecule has 1 aliphatic carbocycles. The van der Waals surface area contributed by atoms with E-state index in [9.17, 15) is 4.79 Å². The molecule has 0 aromatic heterocycles. The highest BCUT2D eigenvalue weighted by atomic mass is 32.2.